The van der Waals surface area contributed by atoms with E-state index in [0.717, 1.165) is 17.9 Å². The molecule has 5 heteroatoms. The summed E-state index contributed by atoms with van der Waals surface area (Å²) in [6, 6.07) is 0. The van der Waals surface area contributed by atoms with E-state index >= 15 is 0 Å². The van der Waals surface area contributed by atoms with Crippen LogP contribution >= 0.6 is 23.5 Å². The number of aliphatic hydroxyl groups is 2. The number of rotatable bonds is 2. The summed E-state index contributed by atoms with van der Waals surface area (Å²) in [6.45, 7) is 0. The third-order valence-electron chi connectivity index (χ3n) is 1.42. The lowest BCUT2D eigenvalue weighted by atomic mass is 10.4. The second-order valence-corrected chi connectivity index (χ2v) is 5.03. The number of aliphatic hydroxyl groups excluding tert-OH is 2. The fourth-order valence-electron chi connectivity index (χ4n) is 0.824. The van der Waals surface area contributed by atoms with E-state index in [4.69, 9.17) is 10.2 Å². The van der Waals surface area contributed by atoms with E-state index in [1.807, 2.05) is 0 Å². The number of allylic oxidation sites excluding steroid dienone is 1. The van der Waals surface area contributed by atoms with Gasteiger partial charge in [0.25, 0.3) is 0 Å². The summed E-state index contributed by atoms with van der Waals surface area (Å²) < 4.78 is -0.234. The fraction of sp³-hybridized carbons (Fsp3) is 0.571. The first-order chi connectivity index (χ1) is 5.75. The van der Waals surface area contributed by atoms with Gasteiger partial charge in [0, 0.05) is 0 Å². The summed E-state index contributed by atoms with van der Waals surface area (Å²) in [7, 11) is 0. The molecule has 1 heterocycles. The van der Waals surface area contributed by atoms with Crippen molar-refractivity contribution in [3.8, 4) is 0 Å². The van der Waals surface area contributed by atoms with Crippen molar-refractivity contribution in [1.82, 2.24) is 0 Å². The highest BCUT2D eigenvalue weighted by molar-refractivity contribution is 8.18. The van der Waals surface area contributed by atoms with Gasteiger partial charge in [0.05, 0.1) is 0 Å². The maximum atomic E-state index is 11.2. The molecule has 0 bridgehead atoms. The van der Waals surface area contributed by atoms with Gasteiger partial charge in [-0.05, 0) is 17.9 Å². The molecule has 1 fully saturated rings. The van der Waals surface area contributed by atoms with Crippen molar-refractivity contribution >= 4 is 29.3 Å². The quantitative estimate of drug-likeness (QED) is 0.532. The highest BCUT2D eigenvalue weighted by atomic mass is 32.2. The summed E-state index contributed by atoms with van der Waals surface area (Å²) in [5.41, 5.74) is 0. The molecule has 1 saturated heterocycles. The van der Waals surface area contributed by atoms with Gasteiger partial charge in [0.1, 0.15) is 10.8 Å². The van der Waals surface area contributed by atoms with Gasteiger partial charge < -0.3 is 10.2 Å². The Kier molecular flexibility index (Phi) is 3.81. The summed E-state index contributed by atoms with van der Waals surface area (Å²) >= 11 is 3.03. The molecule has 0 aromatic rings. The molecule has 0 radical (unpaired) electrons. The van der Waals surface area contributed by atoms with Crippen LogP contribution in [0.5, 0.6) is 0 Å². The SMILES string of the molecule is O=C(C(O)=CO)C1SCCCS1. The van der Waals surface area contributed by atoms with Crippen LogP contribution in [0.4, 0.5) is 0 Å². The minimum Gasteiger partial charge on any atom is -0.512 e. The Balaban J connectivity index is 2.51. The molecule has 0 saturated carbocycles. The number of thioether (sulfide) groups is 2. The number of hydrogen-bond donors (Lipinski definition) is 2. The molecule has 0 spiro atoms. The summed E-state index contributed by atoms with van der Waals surface area (Å²) in [6.07, 6.45) is 1.56. The van der Waals surface area contributed by atoms with E-state index in [1.54, 1.807) is 0 Å². The molecule has 0 amide bonds. The van der Waals surface area contributed by atoms with E-state index < -0.39 is 5.76 Å². The Morgan fingerprint density at radius 3 is 2.50 bits per heavy atom. The highest BCUT2D eigenvalue weighted by Gasteiger charge is 2.25. The van der Waals surface area contributed by atoms with Crippen LogP contribution in [-0.4, -0.2) is 32.1 Å². The molecular formula is C7H10O3S2. The molecule has 2 N–H and O–H groups in total. The first-order valence-electron chi connectivity index (χ1n) is 3.56. The monoisotopic (exact) mass is 206 g/mol. The van der Waals surface area contributed by atoms with Gasteiger partial charge in [-0.1, -0.05) is 0 Å². The van der Waals surface area contributed by atoms with E-state index in [0.29, 0.717) is 6.26 Å². The summed E-state index contributed by atoms with van der Waals surface area (Å²) in [4.78, 5) is 11.2. The Labute approximate surface area is 79.2 Å². The summed E-state index contributed by atoms with van der Waals surface area (Å²) in [5, 5.41) is 17.3. The molecule has 0 aromatic heterocycles. The summed E-state index contributed by atoms with van der Waals surface area (Å²) in [5.74, 6) is 0.971. The Morgan fingerprint density at radius 2 is 2.00 bits per heavy atom. The van der Waals surface area contributed by atoms with Crippen molar-refractivity contribution in [2.24, 2.45) is 0 Å². The van der Waals surface area contributed by atoms with Crippen molar-refractivity contribution in [3.05, 3.63) is 12.0 Å². The Morgan fingerprint density at radius 1 is 1.42 bits per heavy atom. The first kappa shape index (κ1) is 9.80. The molecule has 0 atom stereocenters. The van der Waals surface area contributed by atoms with Crippen LogP contribution in [0.25, 0.3) is 0 Å². The van der Waals surface area contributed by atoms with Crippen LogP contribution in [0.15, 0.2) is 12.0 Å². The van der Waals surface area contributed by atoms with Crippen LogP contribution in [0.3, 0.4) is 0 Å². The van der Waals surface area contributed by atoms with Gasteiger partial charge in [-0.25, -0.2) is 0 Å². The molecule has 0 aliphatic carbocycles. The minimum atomic E-state index is -0.540. The van der Waals surface area contributed by atoms with Crippen LogP contribution in [0.1, 0.15) is 6.42 Å². The Bertz CT molecular complexity index is 197. The van der Waals surface area contributed by atoms with Crippen molar-refractivity contribution in [3.63, 3.8) is 0 Å². The lowest BCUT2D eigenvalue weighted by molar-refractivity contribution is -0.116. The largest absolute Gasteiger partial charge is 0.512 e. The number of hydrogen-bond acceptors (Lipinski definition) is 5. The molecule has 68 valence electrons. The smallest absolute Gasteiger partial charge is 0.223 e. The van der Waals surface area contributed by atoms with Gasteiger partial charge in [-0.15, -0.1) is 23.5 Å². The lowest BCUT2D eigenvalue weighted by Gasteiger charge is -2.18. The molecular weight excluding hydrogens is 196 g/mol. The van der Waals surface area contributed by atoms with E-state index in [2.05, 4.69) is 0 Å². The highest BCUT2D eigenvalue weighted by Crippen LogP contribution is 2.32. The molecule has 0 unspecified atom stereocenters. The standard InChI is InChI=1S/C7H10O3S2/c8-4-5(9)6(10)7-11-2-1-3-12-7/h4,7-9H,1-3H2. The van der Waals surface area contributed by atoms with Gasteiger partial charge >= 0.3 is 0 Å². The second kappa shape index (κ2) is 4.67. The van der Waals surface area contributed by atoms with Gasteiger partial charge in [-0.3, -0.25) is 4.79 Å². The van der Waals surface area contributed by atoms with E-state index in [-0.39, 0.29) is 10.4 Å². The molecule has 0 aromatic carbocycles. The number of carbonyl (C=O) groups is 1. The maximum absolute atomic E-state index is 11.2. The normalized spacial score (nSPS) is 20.8. The topological polar surface area (TPSA) is 57.5 Å². The van der Waals surface area contributed by atoms with Crippen molar-refractivity contribution in [1.29, 1.82) is 0 Å². The fourth-order valence-corrected chi connectivity index (χ4v) is 3.56. The maximum Gasteiger partial charge on any atom is 0.223 e. The molecule has 1 rings (SSSR count). The predicted octanol–water partition coefficient (Wildman–Crippen LogP) is 1.71. The van der Waals surface area contributed by atoms with Gasteiger partial charge in [0.15, 0.2) is 5.76 Å². The van der Waals surface area contributed by atoms with Gasteiger partial charge in [0.2, 0.25) is 5.78 Å². The lowest BCUT2D eigenvalue weighted by Crippen LogP contribution is -2.19. The Hall–Kier alpha value is -0.290. The molecule has 1 aliphatic heterocycles. The minimum absolute atomic E-state index is 0.234. The zero-order valence-corrected chi connectivity index (χ0v) is 8.03. The first-order valence-corrected chi connectivity index (χ1v) is 5.66. The van der Waals surface area contributed by atoms with Crippen molar-refractivity contribution in [2.45, 2.75) is 11.0 Å². The predicted molar refractivity (Wildman–Crippen MR) is 51.7 cm³/mol. The zero-order valence-electron chi connectivity index (χ0n) is 6.40. The van der Waals surface area contributed by atoms with Crippen LogP contribution in [0.2, 0.25) is 0 Å². The van der Waals surface area contributed by atoms with Crippen molar-refractivity contribution < 1.29 is 15.0 Å². The van der Waals surface area contributed by atoms with Crippen LogP contribution in [0, 0.1) is 0 Å². The van der Waals surface area contributed by atoms with Crippen LogP contribution < -0.4 is 0 Å². The average Bonchev–Trinajstić information content (AvgIpc) is 2.17. The number of ketones is 1. The number of Topliss-reactive ketones (excluding diaryl/α,β-unsaturated/α-hetero) is 1. The molecule has 1 aliphatic rings. The van der Waals surface area contributed by atoms with E-state index in [9.17, 15) is 4.79 Å². The molecule has 12 heavy (non-hydrogen) atoms. The molecule has 3 nitrogen and oxygen atoms in total. The van der Waals surface area contributed by atoms with E-state index in [1.165, 1.54) is 23.5 Å². The van der Waals surface area contributed by atoms with Gasteiger partial charge in [-0.2, -0.15) is 0 Å². The second-order valence-electron chi connectivity index (χ2n) is 2.31. The zero-order chi connectivity index (χ0) is 8.97. The third-order valence-corrected chi connectivity index (χ3v) is 4.31. The third kappa shape index (κ3) is 2.35. The van der Waals surface area contributed by atoms with Crippen molar-refractivity contribution in [2.75, 3.05) is 11.5 Å². The average molecular weight is 206 g/mol. The number of carbonyl (C=O) groups excluding carboxylic acids is 1. The van der Waals surface area contributed by atoms with Crippen LogP contribution in [-0.2, 0) is 4.79 Å².